The maximum Gasteiger partial charge on any atom is 0.330 e. The Balaban J connectivity index is 2.16. The Hall–Kier alpha value is -2.99. The third-order valence-electron chi connectivity index (χ3n) is 4.58. The molecule has 0 radical (unpaired) electrons. The van der Waals surface area contributed by atoms with Gasteiger partial charge in [0.1, 0.15) is 5.82 Å². The smallest absolute Gasteiger partial charge is 0.286 e. The van der Waals surface area contributed by atoms with Gasteiger partial charge in [-0.1, -0.05) is 29.8 Å². The molecule has 0 amide bonds. The number of allylic oxidation sites excluding steroid dienone is 1. The van der Waals surface area contributed by atoms with Gasteiger partial charge in [0.2, 0.25) is 0 Å². The average Bonchev–Trinajstić information content (AvgIpc) is 2.88. The van der Waals surface area contributed by atoms with Crippen LogP contribution in [0.15, 0.2) is 46.4 Å². The molecular formula is C21H20ClFN4O. The molecular weight excluding hydrogens is 379 g/mol. The van der Waals surface area contributed by atoms with E-state index in [9.17, 15) is 9.18 Å². The Labute approximate surface area is 167 Å². The standard InChI is InChI=1S/C21H20ClFN4O/c1-13-6-5-7-17(19(13)23)14(2)8-18-20(24-3)26(4)21(28)27(18)12-15-9-16(22)11-25-10-15/h5-11H,3,12H2,1-2,4H3/b14-8+. The number of imidazole rings is 1. The van der Waals surface area contributed by atoms with Crippen LogP contribution in [0.1, 0.15) is 29.3 Å². The van der Waals surface area contributed by atoms with E-state index in [1.165, 1.54) is 10.8 Å². The predicted octanol–water partition coefficient (Wildman–Crippen LogP) is 4.62. The summed E-state index contributed by atoms with van der Waals surface area (Å²) in [7, 11) is 1.62. The number of aliphatic imine (C=N–C) groups is 1. The lowest BCUT2D eigenvalue weighted by molar-refractivity contribution is 0.615. The molecule has 1 aromatic carbocycles. The first-order valence-electron chi connectivity index (χ1n) is 8.63. The fourth-order valence-electron chi connectivity index (χ4n) is 3.11. The molecule has 0 atom stereocenters. The summed E-state index contributed by atoms with van der Waals surface area (Å²) in [6.45, 7) is 7.35. The minimum atomic E-state index is -0.284. The minimum absolute atomic E-state index is 0.255. The molecule has 0 unspecified atom stereocenters. The largest absolute Gasteiger partial charge is 0.330 e. The molecule has 0 saturated heterocycles. The van der Waals surface area contributed by atoms with Gasteiger partial charge >= 0.3 is 5.69 Å². The van der Waals surface area contributed by atoms with Crippen molar-refractivity contribution in [3.63, 3.8) is 0 Å². The summed E-state index contributed by atoms with van der Waals surface area (Å²) in [5.41, 5.74) is 2.76. The van der Waals surface area contributed by atoms with E-state index in [-0.39, 0.29) is 18.1 Å². The maximum absolute atomic E-state index is 14.5. The summed E-state index contributed by atoms with van der Waals surface area (Å²) < 4.78 is 17.5. The molecule has 0 aliphatic rings. The number of aryl methyl sites for hydroxylation is 1. The van der Waals surface area contributed by atoms with Gasteiger partial charge in [0.25, 0.3) is 0 Å². The first-order chi connectivity index (χ1) is 13.3. The highest BCUT2D eigenvalue weighted by molar-refractivity contribution is 6.30. The van der Waals surface area contributed by atoms with Crippen molar-refractivity contribution in [1.82, 2.24) is 14.1 Å². The monoisotopic (exact) mass is 398 g/mol. The number of pyridine rings is 1. The van der Waals surface area contributed by atoms with Gasteiger partial charge in [-0.2, -0.15) is 0 Å². The van der Waals surface area contributed by atoms with Gasteiger partial charge in [-0.3, -0.25) is 14.1 Å². The Kier molecular flexibility index (Phi) is 5.61. The number of aromatic nitrogens is 3. The number of benzene rings is 1. The molecule has 144 valence electrons. The second-order valence-corrected chi connectivity index (χ2v) is 7.01. The van der Waals surface area contributed by atoms with E-state index in [4.69, 9.17) is 11.6 Å². The molecule has 7 heteroatoms. The van der Waals surface area contributed by atoms with Crippen LogP contribution >= 0.6 is 11.6 Å². The third kappa shape index (κ3) is 3.68. The summed E-state index contributed by atoms with van der Waals surface area (Å²) >= 11 is 6.01. The van der Waals surface area contributed by atoms with E-state index in [0.29, 0.717) is 33.2 Å². The summed E-state index contributed by atoms with van der Waals surface area (Å²) in [4.78, 5) is 20.9. The van der Waals surface area contributed by atoms with Crippen LogP contribution in [-0.2, 0) is 13.6 Å². The van der Waals surface area contributed by atoms with E-state index >= 15 is 0 Å². The van der Waals surface area contributed by atoms with Gasteiger partial charge < -0.3 is 0 Å². The first-order valence-corrected chi connectivity index (χ1v) is 9.00. The lowest BCUT2D eigenvalue weighted by atomic mass is 10.0. The molecule has 0 aliphatic carbocycles. The van der Waals surface area contributed by atoms with Crippen molar-refractivity contribution < 1.29 is 4.39 Å². The molecule has 0 saturated carbocycles. The van der Waals surface area contributed by atoms with Crippen molar-refractivity contribution in [3.05, 3.63) is 80.4 Å². The van der Waals surface area contributed by atoms with Crippen molar-refractivity contribution in [2.24, 2.45) is 12.0 Å². The van der Waals surface area contributed by atoms with Crippen LogP contribution in [0.3, 0.4) is 0 Å². The van der Waals surface area contributed by atoms with Gasteiger partial charge in [-0.15, -0.1) is 0 Å². The third-order valence-corrected chi connectivity index (χ3v) is 4.78. The van der Waals surface area contributed by atoms with Gasteiger partial charge in [-0.05, 0) is 49.4 Å². The topological polar surface area (TPSA) is 52.2 Å². The number of hydrogen-bond acceptors (Lipinski definition) is 3. The Morgan fingerprint density at radius 2 is 2.14 bits per heavy atom. The van der Waals surface area contributed by atoms with Gasteiger partial charge in [-0.25, -0.2) is 14.2 Å². The quantitative estimate of drug-likeness (QED) is 0.588. The number of rotatable bonds is 5. The number of nitrogens with zero attached hydrogens (tertiary/aromatic N) is 4. The molecule has 0 N–H and O–H groups in total. The SMILES string of the molecule is C=Nc1c(/C=C(\C)c2cccc(C)c2F)n(Cc2cncc(Cl)c2)c(=O)n1C. The fourth-order valence-corrected chi connectivity index (χ4v) is 3.31. The molecule has 0 spiro atoms. The Morgan fingerprint density at radius 3 is 2.82 bits per heavy atom. The van der Waals surface area contributed by atoms with Crippen LogP contribution in [-0.4, -0.2) is 20.8 Å². The van der Waals surface area contributed by atoms with E-state index in [0.717, 1.165) is 5.56 Å². The molecule has 0 bridgehead atoms. The van der Waals surface area contributed by atoms with Crippen molar-refractivity contribution in [2.45, 2.75) is 20.4 Å². The molecule has 0 fully saturated rings. The van der Waals surface area contributed by atoms with Crippen molar-refractivity contribution in [2.75, 3.05) is 0 Å². The zero-order valence-corrected chi connectivity index (χ0v) is 16.7. The van der Waals surface area contributed by atoms with Crippen LogP contribution in [0.25, 0.3) is 11.6 Å². The van der Waals surface area contributed by atoms with Gasteiger partial charge in [0.05, 0.1) is 17.3 Å². The lowest BCUT2D eigenvalue weighted by Gasteiger charge is -2.09. The van der Waals surface area contributed by atoms with Gasteiger partial charge in [0.15, 0.2) is 5.82 Å². The first kappa shape index (κ1) is 19.8. The summed E-state index contributed by atoms with van der Waals surface area (Å²) in [5, 5.41) is 0.485. The Morgan fingerprint density at radius 1 is 1.39 bits per heavy atom. The van der Waals surface area contributed by atoms with Crippen LogP contribution in [0.2, 0.25) is 5.02 Å². The maximum atomic E-state index is 14.5. The highest BCUT2D eigenvalue weighted by Crippen LogP contribution is 2.27. The van der Waals surface area contributed by atoms with Crippen LogP contribution in [0, 0.1) is 12.7 Å². The van der Waals surface area contributed by atoms with Crippen molar-refractivity contribution >= 4 is 35.8 Å². The highest BCUT2D eigenvalue weighted by atomic mass is 35.5. The van der Waals surface area contributed by atoms with E-state index in [2.05, 4.69) is 16.7 Å². The van der Waals surface area contributed by atoms with Crippen LogP contribution < -0.4 is 5.69 Å². The average molecular weight is 399 g/mol. The molecule has 3 rings (SSSR count). The molecule has 2 heterocycles. The molecule has 5 nitrogen and oxygen atoms in total. The molecule has 3 aromatic rings. The predicted molar refractivity (Wildman–Crippen MR) is 112 cm³/mol. The normalized spacial score (nSPS) is 11.7. The number of hydrogen-bond donors (Lipinski definition) is 0. The number of halogens is 2. The van der Waals surface area contributed by atoms with Crippen LogP contribution in [0.5, 0.6) is 0 Å². The second-order valence-electron chi connectivity index (χ2n) is 6.57. The van der Waals surface area contributed by atoms with Crippen LogP contribution in [0.4, 0.5) is 10.2 Å². The highest BCUT2D eigenvalue weighted by Gasteiger charge is 2.17. The lowest BCUT2D eigenvalue weighted by Crippen LogP contribution is -2.23. The minimum Gasteiger partial charge on any atom is -0.286 e. The zero-order chi connectivity index (χ0) is 20.4. The summed E-state index contributed by atoms with van der Waals surface area (Å²) in [6.07, 6.45) is 4.93. The van der Waals surface area contributed by atoms with E-state index in [1.54, 1.807) is 62.0 Å². The molecule has 2 aromatic heterocycles. The van der Waals surface area contributed by atoms with E-state index in [1.807, 2.05) is 0 Å². The summed E-state index contributed by atoms with van der Waals surface area (Å²) in [5.74, 6) is 0.126. The second kappa shape index (κ2) is 7.94. The van der Waals surface area contributed by atoms with Crippen molar-refractivity contribution in [1.29, 1.82) is 0 Å². The summed E-state index contributed by atoms with van der Waals surface area (Å²) in [6, 6.07) is 6.97. The van der Waals surface area contributed by atoms with Crippen molar-refractivity contribution in [3.8, 4) is 0 Å². The molecule has 0 aliphatic heterocycles. The van der Waals surface area contributed by atoms with Gasteiger partial charge in [0, 0.05) is 25.0 Å². The van der Waals surface area contributed by atoms with E-state index < -0.39 is 0 Å². The fraction of sp³-hybridized carbons (Fsp3) is 0.190. The Bertz CT molecular complexity index is 1140. The zero-order valence-electron chi connectivity index (χ0n) is 15.9. The molecule has 28 heavy (non-hydrogen) atoms.